The van der Waals surface area contributed by atoms with Crippen LogP contribution >= 0.6 is 11.3 Å². The van der Waals surface area contributed by atoms with Gasteiger partial charge in [-0.2, -0.15) is 0 Å². The fraction of sp³-hybridized carbons (Fsp3) is 0.214. The smallest absolute Gasteiger partial charge is 0.137 e. The molecule has 0 bridgehead atoms. The van der Waals surface area contributed by atoms with E-state index < -0.39 is 0 Å². The summed E-state index contributed by atoms with van der Waals surface area (Å²) in [5.41, 5.74) is 8.75. The summed E-state index contributed by atoms with van der Waals surface area (Å²) in [5, 5.41) is 0. The number of rotatable bonds is 3. The fourth-order valence-electron chi connectivity index (χ4n) is 1.98. The number of hydrogen-bond acceptors (Lipinski definition) is 3. The second-order valence-corrected chi connectivity index (χ2v) is 5.42. The Balaban J connectivity index is 2.07. The van der Waals surface area contributed by atoms with Crippen LogP contribution in [0.4, 0.5) is 0 Å². The third kappa shape index (κ3) is 1.94. The predicted molar refractivity (Wildman–Crippen MR) is 75.8 cm³/mol. The summed E-state index contributed by atoms with van der Waals surface area (Å²) in [5.74, 6) is 0. The van der Waals surface area contributed by atoms with E-state index in [0.29, 0.717) is 6.54 Å². The Kier molecular flexibility index (Phi) is 2.89. The van der Waals surface area contributed by atoms with E-state index >= 15 is 0 Å². The first-order valence-corrected chi connectivity index (χ1v) is 6.88. The number of hydrogen-bond donors (Lipinski definition) is 1. The van der Waals surface area contributed by atoms with Crippen molar-refractivity contribution < 1.29 is 0 Å². The molecule has 4 heteroatoms. The van der Waals surface area contributed by atoms with E-state index in [2.05, 4.69) is 30.2 Å². The number of imidazole rings is 1. The zero-order valence-corrected chi connectivity index (χ0v) is 11.1. The van der Waals surface area contributed by atoms with Crippen molar-refractivity contribution in [1.29, 1.82) is 0 Å². The van der Waals surface area contributed by atoms with E-state index in [1.165, 1.54) is 9.75 Å². The van der Waals surface area contributed by atoms with Crippen LogP contribution in [0.5, 0.6) is 0 Å². The molecule has 3 heterocycles. The molecule has 0 amide bonds. The molecule has 0 atom stereocenters. The van der Waals surface area contributed by atoms with Crippen LogP contribution in [0, 0.1) is 0 Å². The molecular formula is C14H15N3S. The van der Waals surface area contributed by atoms with Crippen molar-refractivity contribution in [1.82, 2.24) is 9.38 Å². The molecule has 3 aromatic rings. The van der Waals surface area contributed by atoms with Crippen LogP contribution in [-0.2, 0) is 13.0 Å². The Bertz CT molecular complexity index is 681. The molecule has 0 fully saturated rings. The van der Waals surface area contributed by atoms with Gasteiger partial charge < -0.3 is 10.1 Å². The number of nitrogens with two attached hydrogens (primary N) is 1. The van der Waals surface area contributed by atoms with E-state index in [9.17, 15) is 0 Å². The van der Waals surface area contributed by atoms with Gasteiger partial charge in [0.05, 0.1) is 10.6 Å². The van der Waals surface area contributed by atoms with Crippen molar-refractivity contribution in [2.45, 2.75) is 19.9 Å². The van der Waals surface area contributed by atoms with Crippen LogP contribution in [0.25, 0.3) is 16.2 Å². The van der Waals surface area contributed by atoms with Crippen LogP contribution in [-0.4, -0.2) is 9.38 Å². The summed E-state index contributed by atoms with van der Waals surface area (Å²) in [6.45, 7) is 2.73. The van der Waals surface area contributed by atoms with Crippen molar-refractivity contribution >= 4 is 17.0 Å². The van der Waals surface area contributed by atoms with E-state index in [1.54, 1.807) is 0 Å². The second kappa shape index (κ2) is 4.55. The number of aryl methyl sites for hydroxylation is 1. The molecule has 3 aromatic heterocycles. The van der Waals surface area contributed by atoms with E-state index in [0.717, 1.165) is 23.3 Å². The molecule has 2 N–H and O–H groups in total. The van der Waals surface area contributed by atoms with Crippen molar-refractivity contribution in [2.24, 2.45) is 5.73 Å². The average Bonchev–Trinajstić information content (AvgIpc) is 3.03. The van der Waals surface area contributed by atoms with E-state index in [-0.39, 0.29) is 0 Å². The summed E-state index contributed by atoms with van der Waals surface area (Å²) in [7, 11) is 0. The lowest BCUT2D eigenvalue weighted by Crippen LogP contribution is -1.96. The monoisotopic (exact) mass is 257 g/mol. The van der Waals surface area contributed by atoms with Gasteiger partial charge in [0.25, 0.3) is 0 Å². The molecule has 0 aliphatic rings. The molecule has 3 nitrogen and oxygen atoms in total. The highest BCUT2D eigenvalue weighted by Gasteiger charge is 2.07. The number of fused-ring (bicyclic) bond motifs is 1. The van der Waals surface area contributed by atoms with Gasteiger partial charge in [-0.05, 0) is 36.2 Å². The Labute approximate surface area is 110 Å². The first-order valence-electron chi connectivity index (χ1n) is 6.07. The summed E-state index contributed by atoms with van der Waals surface area (Å²) in [4.78, 5) is 7.28. The Hall–Kier alpha value is -1.65. The standard InChI is InChI=1S/C14H15N3S/c1-2-11-3-4-13(18-11)12-9-17-6-5-10(8-15)7-14(17)16-12/h3-7,9H,2,8,15H2,1H3. The minimum absolute atomic E-state index is 0.553. The third-order valence-electron chi connectivity index (χ3n) is 3.02. The van der Waals surface area contributed by atoms with Crippen LogP contribution in [0.1, 0.15) is 17.4 Å². The van der Waals surface area contributed by atoms with Crippen LogP contribution in [0.2, 0.25) is 0 Å². The first-order chi connectivity index (χ1) is 8.80. The zero-order valence-electron chi connectivity index (χ0n) is 10.3. The maximum Gasteiger partial charge on any atom is 0.137 e. The van der Waals surface area contributed by atoms with E-state index in [4.69, 9.17) is 5.73 Å². The lowest BCUT2D eigenvalue weighted by molar-refractivity contribution is 1.05. The maximum atomic E-state index is 5.65. The van der Waals surface area contributed by atoms with Crippen molar-refractivity contribution in [2.75, 3.05) is 0 Å². The van der Waals surface area contributed by atoms with Gasteiger partial charge in [-0.3, -0.25) is 0 Å². The number of nitrogens with zero attached hydrogens (tertiary/aromatic N) is 2. The fourth-order valence-corrected chi connectivity index (χ4v) is 2.88. The molecule has 0 saturated heterocycles. The average molecular weight is 257 g/mol. The molecule has 0 spiro atoms. The lowest BCUT2D eigenvalue weighted by Gasteiger charge is -1.96. The highest BCUT2D eigenvalue weighted by Crippen LogP contribution is 2.28. The summed E-state index contributed by atoms with van der Waals surface area (Å²) >= 11 is 1.81. The Morgan fingerprint density at radius 1 is 1.33 bits per heavy atom. The number of aromatic nitrogens is 2. The van der Waals surface area contributed by atoms with Gasteiger partial charge in [-0.1, -0.05) is 6.92 Å². The summed E-state index contributed by atoms with van der Waals surface area (Å²) in [6, 6.07) is 8.40. The van der Waals surface area contributed by atoms with Gasteiger partial charge in [0.1, 0.15) is 5.65 Å². The van der Waals surface area contributed by atoms with Gasteiger partial charge >= 0.3 is 0 Å². The minimum Gasteiger partial charge on any atom is -0.326 e. The second-order valence-electron chi connectivity index (χ2n) is 4.25. The molecule has 0 aliphatic heterocycles. The lowest BCUT2D eigenvalue weighted by atomic mass is 10.3. The Morgan fingerprint density at radius 2 is 2.22 bits per heavy atom. The Morgan fingerprint density at radius 3 is 2.94 bits per heavy atom. The molecule has 18 heavy (non-hydrogen) atoms. The topological polar surface area (TPSA) is 43.3 Å². The largest absolute Gasteiger partial charge is 0.326 e. The quantitative estimate of drug-likeness (QED) is 0.783. The molecule has 0 aliphatic carbocycles. The van der Waals surface area contributed by atoms with Gasteiger partial charge in [-0.25, -0.2) is 4.98 Å². The highest BCUT2D eigenvalue weighted by molar-refractivity contribution is 7.15. The third-order valence-corrected chi connectivity index (χ3v) is 4.27. The zero-order chi connectivity index (χ0) is 12.5. The maximum absolute atomic E-state index is 5.65. The molecule has 0 unspecified atom stereocenters. The molecular weight excluding hydrogens is 242 g/mol. The molecule has 0 saturated carbocycles. The van der Waals surface area contributed by atoms with Crippen molar-refractivity contribution in [3.05, 3.63) is 47.1 Å². The SMILES string of the molecule is CCc1ccc(-c2cn3ccc(CN)cc3n2)s1. The van der Waals surface area contributed by atoms with E-state index in [1.807, 2.05) is 34.1 Å². The number of pyridine rings is 1. The van der Waals surface area contributed by atoms with Crippen molar-refractivity contribution in [3.8, 4) is 10.6 Å². The van der Waals surface area contributed by atoms with Gasteiger partial charge in [-0.15, -0.1) is 11.3 Å². The van der Waals surface area contributed by atoms with Gasteiger partial charge in [0.15, 0.2) is 0 Å². The molecule has 3 rings (SSSR count). The number of thiophene rings is 1. The summed E-state index contributed by atoms with van der Waals surface area (Å²) < 4.78 is 2.04. The van der Waals surface area contributed by atoms with Crippen LogP contribution in [0.15, 0.2) is 36.7 Å². The van der Waals surface area contributed by atoms with Gasteiger partial charge in [0, 0.05) is 23.8 Å². The minimum atomic E-state index is 0.553. The highest BCUT2D eigenvalue weighted by atomic mass is 32.1. The van der Waals surface area contributed by atoms with Crippen molar-refractivity contribution in [3.63, 3.8) is 0 Å². The molecule has 92 valence electrons. The normalized spacial score (nSPS) is 11.2. The molecule has 0 radical (unpaired) electrons. The molecule has 0 aromatic carbocycles. The predicted octanol–water partition coefficient (Wildman–Crippen LogP) is 3.08. The van der Waals surface area contributed by atoms with Crippen LogP contribution < -0.4 is 5.73 Å². The first kappa shape index (κ1) is 11.4. The van der Waals surface area contributed by atoms with Gasteiger partial charge in [0.2, 0.25) is 0 Å². The van der Waals surface area contributed by atoms with Crippen LogP contribution in [0.3, 0.4) is 0 Å². The summed E-state index contributed by atoms with van der Waals surface area (Å²) in [6.07, 6.45) is 5.17.